The first kappa shape index (κ1) is 10.7. The molecule has 5 heteroatoms. The summed E-state index contributed by atoms with van der Waals surface area (Å²) < 4.78 is 1.77. The van der Waals surface area contributed by atoms with Gasteiger partial charge in [-0.3, -0.25) is 4.90 Å². The van der Waals surface area contributed by atoms with Crippen molar-refractivity contribution < 1.29 is 5.11 Å². The van der Waals surface area contributed by atoms with Crippen LogP contribution < -0.4 is 0 Å². The number of rotatable bonds is 2. The number of hydrogen-bond acceptors (Lipinski definition) is 4. The minimum absolute atomic E-state index is 0.00647. The first-order valence-electron chi connectivity index (χ1n) is 5.90. The van der Waals surface area contributed by atoms with Crippen LogP contribution in [0.2, 0.25) is 0 Å². The summed E-state index contributed by atoms with van der Waals surface area (Å²) in [7, 11) is 0. The third kappa shape index (κ3) is 1.54. The van der Waals surface area contributed by atoms with Crippen LogP contribution >= 0.6 is 0 Å². The molecule has 0 fully saturated rings. The van der Waals surface area contributed by atoms with Crippen molar-refractivity contribution in [1.29, 1.82) is 0 Å². The van der Waals surface area contributed by atoms with Crippen LogP contribution in [0.4, 0.5) is 0 Å². The molecule has 0 spiro atoms. The summed E-state index contributed by atoms with van der Waals surface area (Å²) in [5.41, 5.74) is 3.97. The molecule has 3 heterocycles. The van der Waals surface area contributed by atoms with Gasteiger partial charge in [-0.05, 0) is 19.9 Å². The molecule has 17 heavy (non-hydrogen) atoms. The smallest absolute Gasteiger partial charge is 0.160 e. The second-order valence-corrected chi connectivity index (χ2v) is 4.75. The van der Waals surface area contributed by atoms with Gasteiger partial charge in [0.25, 0.3) is 0 Å². The lowest BCUT2D eigenvalue weighted by Crippen LogP contribution is -2.25. The Kier molecular flexibility index (Phi) is 2.38. The molecule has 1 N–H and O–H groups in total. The van der Waals surface area contributed by atoms with Crippen LogP contribution in [0.25, 0.3) is 5.65 Å². The summed E-state index contributed by atoms with van der Waals surface area (Å²) in [5.74, 6) is 0. The van der Waals surface area contributed by atoms with Crippen molar-refractivity contribution in [2.75, 3.05) is 0 Å². The Morgan fingerprint density at radius 3 is 2.94 bits per heavy atom. The fourth-order valence-electron chi connectivity index (χ4n) is 2.31. The van der Waals surface area contributed by atoms with Crippen molar-refractivity contribution in [2.45, 2.75) is 39.6 Å². The standard InChI is InChI=1S/C12H16N4O/c1-8(2)15-5-10-11(6-15)14-16-9(7-17)3-4-13-12(10)16/h3-4,8,17H,5-7H2,1-2H3. The topological polar surface area (TPSA) is 53.7 Å². The van der Waals surface area contributed by atoms with Crippen LogP contribution in [-0.4, -0.2) is 30.6 Å². The molecule has 0 unspecified atom stereocenters. The number of aromatic nitrogens is 3. The first-order chi connectivity index (χ1) is 8.20. The van der Waals surface area contributed by atoms with E-state index < -0.39 is 0 Å². The predicted octanol–water partition coefficient (Wildman–Crippen LogP) is 0.946. The van der Waals surface area contributed by atoms with Gasteiger partial charge in [-0.1, -0.05) is 0 Å². The molecule has 0 aromatic carbocycles. The third-order valence-corrected chi connectivity index (χ3v) is 3.38. The number of aliphatic hydroxyl groups is 1. The Bertz CT molecular complexity index is 561. The summed E-state index contributed by atoms with van der Waals surface area (Å²) in [5, 5.41) is 13.8. The minimum Gasteiger partial charge on any atom is -0.390 e. The average Bonchev–Trinajstić information content (AvgIpc) is 2.85. The fraction of sp³-hybridized carbons (Fsp3) is 0.500. The van der Waals surface area contributed by atoms with Crippen molar-refractivity contribution in [3.05, 3.63) is 29.2 Å². The van der Waals surface area contributed by atoms with E-state index in [-0.39, 0.29) is 6.61 Å². The maximum absolute atomic E-state index is 9.27. The Labute approximate surface area is 99.7 Å². The Morgan fingerprint density at radius 1 is 1.41 bits per heavy atom. The monoisotopic (exact) mass is 232 g/mol. The van der Waals surface area contributed by atoms with Gasteiger partial charge < -0.3 is 5.11 Å². The molecule has 2 aromatic heterocycles. The van der Waals surface area contributed by atoms with Crippen LogP contribution in [0.1, 0.15) is 30.8 Å². The van der Waals surface area contributed by atoms with Crippen molar-refractivity contribution in [2.24, 2.45) is 0 Å². The van der Waals surface area contributed by atoms with Gasteiger partial charge in [0.05, 0.1) is 18.0 Å². The molecule has 0 atom stereocenters. The SMILES string of the molecule is CC(C)N1Cc2nn3c(CO)ccnc3c2C1. The van der Waals surface area contributed by atoms with E-state index in [0.717, 1.165) is 30.1 Å². The molecule has 0 saturated carbocycles. The van der Waals surface area contributed by atoms with E-state index in [1.165, 1.54) is 5.56 Å². The lowest BCUT2D eigenvalue weighted by Gasteiger charge is -2.19. The molecule has 3 rings (SSSR count). The summed E-state index contributed by atoms with van der Waals surface area (Å²) in [6.07, 6.45) is 1.74. The van der Waals surface area contributed by atoms with Gasteiger partial charge in [-0.15, -0.1) is 0 Å². The van der Waals surface area contributed by atoms with Crippen LogP contribution in [-0.2, 0) is 19.7 Å². The van der Waals surface area contributed by atoms with Crippen molar-refractivity contribution in [3.8, 4) is 0 Å². The Hall–Kier alpha value is -1.46. The molecule has 1 aliphatic heterocycles. The van der Waals surface area contributed by atoms with Crippen molar-refractivity contribution in [3.63, 3.8) is 0 Å². The summed E-state index contributed by atoms with van der Waals surface area (Å²) >= 11 is 0. The largest absolute Gasteiger partial charge is 0.390 e. The van der Waals surface area contributed by atoms with Crippen molar-refractivity contribution in [1.82, 2.24) is 19.5 Å². The zero-order valence-electron chi connectivity index (χ0n) is 10.1. The highest BCUT2D eigenvalue weighted by Gasteiger charge is 2.27. The van der Waals surface area contributed by atoms with Crippen molar-refractivity contribution >= 4 is 5.65 Å². The van der Waals surface area contributed by atoms with Gasteiger partial charge >= 0.3 is 0 Å². The zero-order chi connectivity index (χ0) is 12.0. The quantitative estimate of drug-likeness (QED) is 0.837. The van der Waals surface area contributed by atoms with E-state index in [0.29, 0.717) is 6.04 Å². The molecular formula is C12H16N4O. The highest BCUT2D eigenvalue weighted by molar-refractivity contribution is 5.52. The van der Waals surface area contributed by atoms with Gasteiger partial charge in [0, 0.05) is 30.9 Å². The van der Waals surface area contributed by atoms with Crippen LogP contribution in [0.5, 0.6) is 0 Å². The van der Waals surface area contributed by atoms with E-state index in [9.17, 15) is 5.11 Å². The molecule has 0 radical (unpaired) electrons. The van der Waals surface area contributed by atoms with E-state index in [4.69, 9.17) is 0 Å². The highest BCUT2D eigenvalue weighted by Crippen LogP contribution is 2.26. The number of fused-ring (bicyclic) bond motifs is 3. The van der Waals surface area contributed by atoms with E-state index in [2.05, 4.69) is 28.8 Å². The number of nitrogens with zero attached hydrogens (tertiary/aromatic N) is 4. The van der Waals surface area contributed by atoms with Crippen LogP contribution in [0.3, 0.4) is 0 Å². The summed E-state index contributed by atoms with van der Waals surface area (Å²) in [6.45, 7) is 6.15. The predicted molar refractivity (Wildman–Crippen MR) is 63.3 cm³/mol. The van der Waals surface area contributed by atoms with Gasteiger partial charge in [-0.25, -0.2) is 9.50 Å². The second kappa shape index (κ2) is 3.78. The Balaban J connectivity index is 2.10. The van der Waals surface area contributed by atoms with Gasteiger partial charge in [0.15, 0.2) is 5.65 Å². The third-order valence-electron chi connectivity index (χ3n) is 3.38. The molecule has 5 nitrogen and oxygen atoms in total. The molecule has 1 aliphatic rings. The van der Waals surface area contributed by atoms with Crippen LogP contribution in [0, 0.1) is 0 Å². The normalized spacial score (nSPS) is 16.0. The average molecular weight is 232 g/mol. The lowest BCUT2D eigenvalue weighted by atomic mass is 10.3. The van der Waals surface area contributed by atoms with Crippen LogP contribution in [0.15, 0.2) is 12.3 Å². The molecular weight excluding hydrogens is 216 g/mol. The van der Waals surface area contributed by atoms with Gasteiger partial charge in [-0.2, -0.15) is 5.10 Å². The molecule has 90 valence electrons. The number of aliphatic hydroxyl groups excluding tert-OH is 1. The summed E-state index contributed by atoms with van der Waals surface area (Å²) in [6, 6.07) is 2.32. The number of hydrogen-bond donors (Lipinski definition) is 1. The molecule has 2 aromatic rings. The molecule has 0 amide bonds. The molecule has 0 saturated heterocycles. The van der Waals surface area contributed by atoms with E-state index in [1.54, 1.807) is 16.8 Å². The van der Waals surface area contributed by atoms with Gasteiger partial charge in [0.2, 0.25) is 0 Å². The molecule has 0 aliphatic carbocycles. The van der Waals surface area contributed by atoms with Gasteiger partial charge in [0.1, 0.15) is 0 Å². The van der Waals surface area contributed by atoms with E-state index >= 15 is 0 Å². The maximum atomic E-state index is 9.27. The fourth-order valence-corrected chi connectivity index (χ4v) is 2.31. The zero-order valence-corrected chi connectivity index (χ0v) is 10.1. The maximum Gasteiger partial charge on any atom is 0.160 e. The minimum atomic E-state index is -0.00647. The summed E-state index contributed by atoms with van der Waals surface area (Å²) in [4.78, 5) is 6.74. The highest BCUT2D eigenvalue weighted by atomic mass is 16.3. The molecule has 0 bridgehead atoms. The first-order valence-corrected chi connectivity index (χ1v) is 5.90. The Morgan fingerprint density at radius 2 is 2.24 bits per heavy atom. The van der Waals surface area contributed by atoms with E-state index in [1.807, 2.05) is 0 Å². The second-order valence-electron chi connectivity index (χ2n) is 4.75. The lowest BCUT2D eigenvalue weighted by molar-refractivity contribution is 0.224.